The van der Waals surface area contributed by atoms with Crippen molar-refractivity contribution in [2.24, 2.45) is 11.8 Å². The van der Waals surface area contributed by atoms with Crippen molar-refractivity contribution in [2.45, 2.75) is 19.3 Å². The molecule has 5 heteroatoms. The summed E-state index contributed by atoms with van der Waals surface area (Å²) < 4.78 is 10.4. The van der Waals surface area contributed by atoms with E-state index in [2.05, 4.69) is 5.32 Å². The SMILES string of the molecule is COc1ccc(C(=O)NCC2CCCC2CO)c(OC)c1. The Hall–Kier alpha value is -1.75. The van der Waals surface area contributed by atoms with Gasteiger partial charge in [0.2, 0.25) is 0 Å². The van der Waals surface area contributed by atoms with E-state index in [-0.39, 0.29) is 12.5 Å². The van der Waals surface area contributed by atoms with Crippen LogP contribution in [0.15, 0.2) is 18.2 Å². The summed E-state index contributed by atoms with van der Waals surface area (Å²) in [7, 11) is 3.11. The number of hydrogen-bond donors (Lipinski definition) is 2. The predicted molar refractivity (Wildman–Crippen MR) is 79.8 cm³/mol. The third-order valence-corrected chi connectivity index (χ3v) is 4.23. The molecule has 0 bridgehead atoms. The standard InChI is InChI=1S/C16H23NO4/c1-20-13-6-7-14(15(8-13)21-2)16(19)17-9-11-4-3-5-12(11)10-18/h6-8,11-12,18H,3-5,9-10H2,1-2H3,(H,17,19). The summed E-state index contributed by atoms with van der Waals surface area (Å²) >= 11 is 0. The fourth-order valence-corrected chi connectivity index (χ4v) is 2.93. The highest BCUT2D eigenvalue weighted by Crippen LogP contribution is 2.31. The van der Waals surface area contributed by atoms with Crippen LogP contribution >= 0.6 is 0 Å². The second-order valence-electron chi connectivity index (χ2n) is 5.41. The molecule has 1 aliphatic rings. The van der Waals surface area contributed by atoms with Crippen LogP contribution in [0.3, 0.4) is 0 Å². The van der Waals surface area contributed by atoms with Crippen LogP contribution in [-0.4, -0.2) is 38.4 Å². The van der Waals surface area contributed by atoms with Crippen molar-refractivity contribution in [2.75, 3.05) is 27.4 Å². The first-order valence-electron chi connectivity index (χ1n) is 7.30. The van der Waals surface area contributed by atoms with Crippen LogP contribution in [0.2, 0.25) is 0 Å². The molecule has 116 valence electrons. The molecule has 1 aromatic carbocycles. The zero-order chi connectivity index (χ0) is 15.2. The smallest absolute Gasteiger partial charge is 0.255 e. The summed E-state index contributed by atoms with van der Waals surface area (Å²) in [6.07, 6.45) is 3.23. The highest BCUT2D eigenvalue weighted by Gasteiger charge is 2.27. The second-order valence-corrected chi connectivity index (χ2v) is 5.41. The number of aliphatic hydroxyl groups is 1. The van der Waals surface area contributed by atoms with E-state index in [1.54, 1.807) is 25.3 Å². The largest absolute Gasteiger partial charge is 0.497 e. The van der Waals surface area contributed by atoms with Crippen molar-refractivity contribution >= 4 is 5.91 Å². The Labute approximate surface area is 125 Å². The maximum absolute atomic E-state index is 12.3. The number of nitrogens with one attached hydrogen (secondary N) is 1. The van der Waals surface area contributed by atoms with Crippen molar-refractivity contribution < 1.29 is 19.4 Å². The fraction of sp³-hybridized carbons (Fsp3) is 0.562. The van der Waals surface area contributed by atoms with Gasteiger partial charge in [0.05, 0.1) is 19.8 Å². The van der Waals surface area contributed by atoms with E-state index < -0.39 is 0 Å². The number of benzene rings is 1. The molecule has 1 aliphatic carbocycles. The molecule has 1 aromatic rings. The van der Waals surface area contributed by atoms with Gasteiger partial charge in [0.15, 0.2) is 0 Å². The maximum Gasteiger partial charge on any atom is 0.255 e. The molecule has 0 heterocycles. The van der Waals surface area contributed by atoms with Gasteiger partial charge in [-0.1, -0.05) is 6.42 Å². The highest BCUT2D eigenvalue weighted by atomic mass is 16.5. The number of aliphatic hydroxyl groups excluding tert-OH is 1. The molecule has 0 spiro atoms. The number of hydrogen-bond acceptors (Lipinski definition) is 4. The van der Waals surface area contributed by atoms with Crippen LogP contribution in [0, 0.1) is 11.8 Å². The minimum atomic E-state index is -0.155. The Kier molecular flexibility index (Phi) is 5.44. The number of methoxy groups -OCH3 is 2. The minimum Gasteiger partial charge on any atom is -0.497 e. The second kappa shape index (κ2) is 7.31. The van der Waals surface area contributed by atoms with Gasteiger partial charge in [-0.3, -0.25) is 4.79 Å². The van der Waals surface area contributed by atoms with E-state index >= 15 is 0 Å². The first-order valence-corrected chi connectivity index (χ1v) is 7.30. The number of carbonyl (C=O) groups excluding carboxylic acids is 1. The normalized spacial score (nSPS) is 21.1. The third-order valence-electron chi connectivity index (χ3n) is 4.23. The lowest BCUT2D eigenvalue weighted by Crippen LogP contribution is -2.31. The van der Waals surface area contributed by atoms with Gasteiger partial charge in [-0.15, -0.1) is 0 Å². The zero-order valence-corrected chi connectivity index (χ0v) is 12.6. The van der Waals surface area contributed by atoms with Crippen molar-refractivity contribution in [3.8, 4) is 11.5 Å². The molecule has 21 heavy (non-hydrogen) atoms. The predicted octanol–water partition coefficient (Wildman–Crippen LogP) is 1.84. The minimum absolute atomic E-state index is 0.155. The molecule has 0 saturated heterocycles. The van der Waals surface area contributed by atoms with Gasteiger partial charge in [0, 0.05) is 19.2 Å². The molecule has 0 aliphatic heterocycles. The summed E-state index contributed by atoms with van der Waals surface area (Å²) in [4.78, 5) is 12.3. The monoisotopic (exact) mass is 293 g/mol. The van der Waals surface area contributed by atoms with Crippen molar-refractivity contribution in [3.05, 3.63) is 23.8 Å². The maximum atomic E-state index is 12.3. The molecule has 2 atom stereocenters. The molecule has 1 fully saturated rings. The van der Waals surface area contributed by atoms with E-state index in [1.807, 2.05) is 0 Å². The van der Waals surface area contributed by atoms with E-state index in [0.29, 0.717) is 35.4 Å². The summed E-state index contributed by atoms with van der Waals surface area (Å²) in [6, 6.07) is 5.13. The fourth-order valence-electron chi connectivity index (χ4n) is 2.93. The summed E-state index contributed by atoms with van der Waals surface area (Å²) in [5.41, 5.74) is 0.497. The molecule has 2 rings (SSSR count). The van der Waals surface area contributed by atoms with Crippen molar-refractivity contribution in [1.29, 1.82) is 0 Å². The first-order chi connectivity index (χ1) is 10.2. The van der Waals surface area contributed by atoms with Gasteiger partial charge in [-0.2, -0.15) is 0 Å². The number of ether oxygens (including phenoxy) is 2. The summed E-state index contributed by atoms with van der Waals surface area (Å²) in [5, 5.41) is 12.3. The van der Waals surface area contributed by atoms with Crippen LogP contribution < -0.4 is 14.8 Å². The number of carbonyl (C=O) groups is 1. The zero-order valence-electron chi connectivity index (χ0n) is 12.6. The Bertz CT molecular complexity index is 489. The Morgan fingerprint density at radius 1 is 1.29 bits per heavy atom. The number of amides is 1. The van der Waals surface area contributed by atoms with Crippen LogP contribution in [0.25, 0.3) is 0 Å². The van der Waals surface area contributed by atoms with E-state index in [4.69, 9.17) is 9.47 Å². The third kappa shape index (κ3) is 3.67. The topological polar surface area (TPSA) is 67.8 Å². The lowest BCUT2D eigenvalue weighted by molar-refractivity contribution is 0.0934. The van der Waals surface area contributed by atoms with Crippen LogP contribution in [0.1, 0.15) is 29.6 Å². The molecule has 2 unspecified atom stereocenters. The number of rotatable bonds is 6. The average Bonchev–Trinajstić information content (AvgIpc) is 2.99. The molecular formula is C16H23NO4. The first kappa shape index (κ1) is 15.6. The van der Waals surface area contributed by atoms with E-state index in [1.165, 1.54) is 7.11 Å². The quantitative estimate of drug-likeness (QED) is 0.840. The van der Waals surface area contributed by atoms with Crippen molar-refractivity contribution in [3.63, 3.8) is 0 Å². The highest BCUT2D eigenvalue weighted by molar-refractivity contribution is 5.97. The lowest BCUT2D eigenvalue weighted by atomic mass is 9.97. The van der Waals surface area contributed by atoms with Gasteiger partial charge in [0.1, 0.15) is 11.5 Å². The summed E-state index contributed by atoms with van der Waals surface area (Å²) in [5.74, 6) is 1.67. The Morgan fingerprint density at radius 2 is 2.05 bits per heavy atom. The van der Waals surface area contributed by atoms with Crippen LogP contribution in [-0.2, 0) is 0 Å². The molecule has 1 saturated carbocycles. The lowest BCUT2D eigenvalue weighted by Gasteiger charge is -2.18. The molecular weight excluding hydrogens is 270 g/mol. The molecule has 0 aromatic heterocycles. The Balaban J connectivity index is 2.00. The van der Waals surface area contributed by atoms with Gasteiger partial charge in [-0.05, 0) is 36.8 Å². The van der Waals surface area contributed by atoms with E-state index in [0.717, 1.165) is 19.3 Å². The summed E-state index contributed by atoms with van der Waals surface area (Å²) in [6.45, 7) is 0.797. The Morgan fingerprint density at radius 3 is 2.71 bits per heavy atom. The van der Waals surface area contributed by atoms with Gasteiger partial charge in [0.25, 0.3) is 5.91 Å². The van der Waals surface area contributed by atoms with Gasteiger partial charge in [-0.25, -0.2) is 0 Å². The van der Waals surface area contributed by atoms with Crippen LogP contribution in [0.4, 0.5) is 0 Å². The molecule has 1 amide bonds. The van der Waals surface area contributed by atoms with Crippen molar-refractivity contribution in [1.82, 2.24) is 5.32 Å². The van der Waals surface area contributed by atoms with E-state index in [9.17, 15) is 9.90 Å². The molecule has 2 N–H and O–H groups in total. The van der Waals surface area contributed by atoms with Crippen LogP contribution in [0.5, 0.6) is 11.5 Å². The van der Waals surface area contributed by atoms with Gasteiger partial charge >= 0.3 is 0 Å². The van der Waals surface area contributed by atoms with Gasteiger partial charge < -0.3 is 19.9 Å². The molecule has 0 radical (unpaired) electrons. The molecule has 5 nitrogen and oxygen atoms in total. The average molecular weight is 293 g/mol.